The molecule has 1 aromatic heterocycles. The predicted molar refractivity (Wildman–Crippen MR) is 248 cm³/mol. The van der Waals surface area contributed by atoms with E-state index >= 15 is 0 Å². The number of nitrogens with zero attached hydrogens (tertiary/aromatic N) is 4. The summed E-state index contributed by atoms with van der Waals surface area (Å²) in [7, 11) is -1.01. The third-order valence-corrected chi connectivity index (χ3v) is 12.4. The molecule has 0 bridgehead atoms. The Morgan fingerprint density at radius 2 is 1.41 bits per heavy atom. The molecular weight excluding hydrogens is 837 g/mol. The first-order chi connectivity index (χ1) is 30.7. The number of piperidine rings is 1. The lowest BCUT2D eigenvalue weighted by Crippen LogP contribution is -2.41. The van der Waals surface area contributed by atoms with Crippen molar-refractivity contribution in [3.63, 3.8) is 0 Å². The van der Waals surface area contributed by atoms with Crippen molar-refractivity contribution in [2.24, 2.45) is 0 Å². The summed E-state index contributed by atoms with van der Waals surface area (Å²) in [6.07, 6.45) is 6.02. The van der Waals surface area contributed by atoms with Crippen molar-refractivity contribution >= 4 is 57.0 Å². The van der Waals surface area contributed by atoms with E-state index in [1.54, 1.807) is 60.5 Å². The Hall–Kier alpha value is -6.17. The highest BCUT2D eigenvalue weighted by molar-refractivity contribution is 7.88. The number of rotatable bonds is 22. The van der Waals surface area contributed by atoms with Gasteiger partial charge in [0, 0.05) is 76.1 Å². The summed E-state index contributed by atoms with van der Waals surface area (Å²) in [5.41, 5.74) is 4.41. The smallest absolute Gasteiger partial charge is 0.303 e. The molecule has 0 unspecified atom stereocenters. The highest BCUT2D eigenvalue weighted by atomic mass is 32.2. The van der Waals surface area contributed by atoms with Crippen LogP contribution in [0.1, 0.15) is 107 Å². The monoisotopic (exact) mass is 896 g/mol. The number of aryl methyl sites for hydroxylation is 2. The Kier molecular flexibility index (Phi) is 17.9. The van der Waals surface area contributed by atoms with Gasteiger partial charge < -0.3 is 25.5 Å². The van der Waals surface area contributed by atoms with Crippen LogP contribution in [-0.2, 0) is 39.2 Å². The van der Waals surface area contributed by atoms with Crippen LogP contribution in [-0.4, -0.2) is 104 Å². The Bertz CT molecular complexity index is 2350. The number of aliphatic carboxylic acids is 1. The fraction of sp³-hybridized carbons (Fsp3) is 0.404. The van der Waals surface area contributed by atoms with Gasteiger partial charge in [0.2, 0.25) is 5.91 Å². The molecule has 5 N–H and O–H groups in total. The third-order valence-electron chi connectivity index (χ3n) is 11.4. The second kappa shape index (κ2) is 23.5. The normalized spacial score (nSPS) is 12.8. The molecule has 16 nitrogen and oxygen atoms in total. The molecule has 0 saturated carbocycles. The van der Waals surface area contributed by atoms with Crippen LogP contribution in [0.5, 0.6) is 0 Å². The first-order valence-electron chi connectivity index (χ1n) is 21.8. The number of nitrogens with one attached hydrogen (secondary N) is 4. The van der Waals surface area contributed by atoms with E-state index in [1.807, 2.05) is 45.8 Å². The molecule has 0 radical (unpaired) electrons. The number of hydrogen-bond acceptors (Lipinski definition) is 10. The Morgan fingerprint density at radius 3 is 2.03 bits per heavy atom. The number of carbonyl (C=O) groups excluding carboxylic acids is 4. The Labute approximate surface area is 376 Å². The molecule has 0 aliphatic carbocycles. The SMILES string of the molecule is CCC(CC)N(CCN(C)C(=O)CCC(=O)O)Cc1cccc(C(=O)Nc2ccc(N3CCCCC3)nc2C(=O)Nc2ccc(CCc3ccc(C(=O)NS(=O)(=O)NC)cc3)cc2)c1. The van der Waals surface area contributed by atoms with Gasteiger partial charge in [0.15, 0.2) is 5.69 Å². The molecule has 4 amide bonds. The van der Waals surface area contributed by atoms with Crippen LogP contribution in [0.15, 0.2) is 84.9 Å². The van der Waals surface area contributed by atoms with Gasteiger partial charge in [0.25, 0.3) is 17.7 Å². The lowest BCUT2D eigenvalue weighted by molar-refractivity contribution is -0.140. The zero-order valence-electron chi connectivity index (χ0n) is 37.1. The molecule has 0 spiro atoms. The lowest BCUT2D eigenvalue weighted by Gasteiger charge is -2.32. The molecular formula is C47H60N8O8S. The van der Waals surface area contributed by atoms with Crippen molar-refractivity contribution < 1.29 is 37.5 Å². The van der Waals surface area contributed by atoms with E-state index in [1.165, 1.54) is 7.05 Å². The zero-order valence-corrected chi connectivity index (χ0v) is 37.9. The number of carboxylic acids is 1. The molecule has 342 valence electrons. The van der Waals surface area contributed by atoms with Gasteiger partial charge in [-0.15, -0.1) is 0 Å². The van der Waals surface area contributed by atoms with Gasteiger partial charge in [-0.25, -0.2) is 14.4 Å². The van der Waals surface area contributed by atoms with E-state index in [2.05, 4.69) is 34.3 Å². The summed E-state index contributed by atoms with van der Waals surface area (Å²) in [6.45, 7) is 7.40. The molecule has 0 atom stereocenters. The number of amides is 4. The van der Waals surface area contributed by atoms with Crippen molar-refractivity contribution in [2.75, 3.05) is 55.8 Å². The topological polar surface area (TPSA) is 210 Å². The van der Waals surface area contributed by atoms with E-state index in [-0.39, 0.29) is 41.7 Å². The Morgan fingerprint density at radius 1 is 0.750 bits per heavy atom. The first kappa shape index (κ1) is 48.9. The highest BCUT2D eigenvalue weighted by Gasteiger charge is 2.23. The molecule has 5 rings (SSSR count). The van der Waals surface area contributed by atoms with E-state index in [9.17, 15) is 32.4 Å². The summed E-state index contributed by atoms with van der Waals surface area (Å²) in [5.74, 6) is -2.17. The Balaban J connectivity index is 1.26. The molecule has 1 fully saturated rings. The average Bonchev–Trinajstić information content (AvgIpc) is 3.30. The van der Waals surface area contributed by atoms with Crippen LogP contribution in [0.4, 0.5) is 17.2 Å². The predicted octanol–water partition coefficient (Wildman–Crippen LogP) is 5.87. The minimum atomic E-state index is -3.91. The van der Waals surface area contributed by atoms with Crippen molar-refractivity contribution in [3.05, 3.63) is 118 Å². The van der Waals surface area contributed by atoms with Crippen molar-refractivity contribution in [1.29, 1.82) is 0 Å². The van der Waals surface area contributed by atoms with E-state index in [0.717, 1.165) is 61.9 Å². The molecule has 3 aromatic carbocycles. The highest BCUT2D eigenvalue weighted by Crippen LogP contribution is 2.25. The van der Waals surface area contributed by atoms with Crippen LogP contribution in [0, 0.1) is 0 Å². The number of pyridine rings is 1. The van der Waals surface area contributed by atoms with Crippen molar-refractivity contribution in [1.82, 2.24) is 24.2 Å². The van der Waals surface area contributed by atoms with Crippen molar-refractivity contribution in [2.45, 2.75) is 84.2 Å². The molecule has 64 heavy (non-hydrogen) atoms. The maximum atomic E-state index is 14.0. The minimum Gasteiger partial charge on any atom is -0.481 e. The molecule has 1 aliphatic heterocycles. The van der Waals surface area contributed by atoms with Crippen LogP contribution in [0.25, 0.3) is 0 Å². The number of aromatic nitrogens is 1. The van der Waals surface area contributed by atoms with E-state index in [4.69, 9.17) is 10.1 Å². The third kappa shape index (κ3) is 14.4. The van der Waals surface area contributed by atoms with Gasteiger partial charge in [-0.1, -0.05) is 50.2 Å². The van der Waals surface area contributed by atoms with Crippen molar-refractivity contribution in [3.8, 4) is 0 Å². The summed E-state index contributed by atoms with van der Waals surface area (Å²) >= 11 is 0. The number of carboxylic acid groups (broad SMARTS) is 1. The molecule has 4 aromatic rings. The summed E-state index contributed by atoms with van der Waals surface area (Å²) in [5, 5.41) is 14.9. The fourth-order valence-corrected chi connectivity index (χ4v) is 8.02. The number of benzene rings is 3. The summed E-state index contributed by atoms with van der Waals surface area (Å²) < 4.78 is 27.3. The second-order valence-electron chi connectivity index (χ2n) is 15.9. The van der Waals surface area contributed by atoms with E-state index in [0.29, 0.717) is 49.5 Å². The number of hydrogen-bond donors (Lipinski definition) is 5. The lowest BCUT2D eigenvalue weighted by atomic mass is 10.0. The molecule has 1 aliphatic rings. The quantitative estimate of drug-likeness (QED) is 0.0630. The fourth-order valence-electron chi connectivity index (χ4n) is 7.55. The van der Waals surface area contributed by atoms with Gasteiger partial charge in [-0.2, -0.15) is 8.42 Å². The maximum Gasteiger partial charge on any atom is 0.303 e. The van der Waals surface area contributed by atoms with Crippen LogP contribution < -0.4 is 25.0 Å². The minimum absolute atomic E-state index is 0.0524. The molecule has 17 heteroatoms. The van der Waals surface area contributed by atoms with Crippen LogP contribution >= 0.6 is 0 Å². The largest absolute Gasteiger partial charge is 0.481 e. The van der Waals surface area contributed by atoms with Crippen LogP contribution in [0.2, 0.25) is 0 Å². The second-order valence-corrected chi connectivity index (χ2v) is 17.5. The molecule has 2 heterocycles. The zero-order chi connectivity index (χ0) is 46.2. The van der Waals surface area contributed by atoms with Gasteiger partial charge in [-0.3, -0.25) is 28.9 Å². The van der Waals surface area contributed by atoms with Crippen LogP contribution in [0.3, 0.4) is 0 Å². The number of anilines is 3. The summed E-state index contributed by atoms with van der Waals surface area (Å²) in [4.78, 5) is 74.5. The molecule has 1 saturated heterocycles. The van der Waals surface area contributed by atoms with Gasteiger partial charge in [-0.05, 0) is 110 Å². The maximum absolute atomic E-state index is 14.0. The number of carbonyl (C=O) groups is 5. The standard InChI is InChI=1S/C47H60N8O8S/c1-5-39(6-2)55(30-29-53(4)42(56)25-26-43(57)58)32-35-11-10-12-37(31-35)45(59)50-40-23-24-41(54-27-8-7-9-28-54)51-44(40)47(61)49-38-21-17-34(18-22-38)14-13-33-15-19-36(20-16-33)46(60)52-64(62,63)48-3/h10-12,15-24,31,39,48H,5-9,13-14,25-30,32H2,1-4H3,(H,49,61)(H,50,59)(H,52,60)(H,57,58). The summed E-state index contributed by atoms with van der Waals surface area (Å²) in [6, 6.07) is 25.3. The van der Waals surface area contributed by atoms with Gasteiger partial charge in [0.1, 0.15) is 5.82 Å². The first-order valence-corrected chi connectivity index (χ1v) is 23.3. The van der Waals surface area contributed by atoms with E-state index < -0.39 is 33.9 Å². The average molecular weight is 897 g/mol. The van der Waals surface area contributed by atoms with Gasteiger partial charge >= 0.3 is 16.2 Å². The number of likely N-dealkylation sites (N-methyl/N-ethyl adjacent to an activating group) is 1. The van der Waals surface area contributed by atoms with Gasteiger partial charge in [0.05, 0.1) is 12.1 Å².